The van der Waals surface area contributed by atoms with Gasteiger partial charge in [-0.2, -0.15) is 0 Å². The summed E-state index contributed by atoms with van der Waals surface area (Å²) in [6.45, 7) is 1.99. The summed E-state index contributed by atoms with van der Waals surface area (Å²) in [6.07, 6.45) is 1.62. The van der Waals surface area contributed by atoms with E-state index in [-0.39, 0.29) is 5.91 Å². The Labute approximate surface area is 175 Å². The summed E-state index contributed by atoms with van der Waals surface area (Å²) in [7, 11) is 0. The van der Waals surface area contributed by atoms with Crippen LogP contribution in [0.1, 0.15) is 15.9 Å². The molecule has 5 nitrogen and oxygen atoms in total. The molecule has 0 bridgehead atoms. The van der Waals surface area contributed by atoms with Gasteiger partial charge in [0.25, 0.3) is 5.91 Å². The van der Waals surface area contributed by atoms with E-state index in [0.717, 1.165) is 17.0 Å². The molecule has 0 saturated heterocycles. The molecule has 4 aromatic rings. The highest BCUT2D eigenvalue weighted by atomic mass is 16.5. The SMILES string of the molecule is Cc1ccc(C(=O)Nc2ccc(Nc3ccccc3Oc3ccccc3)nc2)cc1. The molecule has 0 fully saturated rings. The lowest BCUT2D eigenvalue weighted by molar-refractivity contribution is 0.102. The molecule has 0 aliphatic rings. The largest absolute Gasteiger partial charge is 0.455 e. The number of rotatable bonds is 6. The molecule has 0 atom stereocenters. The number of carbonyl (C=O) groups is 1. The van der Waals surface area contributed by atoms with Crippen LogP contribution in [0.3, 0.4) is 0 Å². The molecule has 2 N–H and O–H groups in total. The van der Waals surface area contributed by atoms with E-state index in [1.165, 1.54) is 0 Å². The second kappa shape index (κ2) is 8.92. The second-order valence-corrected chi connectivity index (χ2v) is 6.79. The van der Waals surface area contributed by atoms with E-state index in [2.05, 4.69) is 15.6 Å². The number of pyridine rings is 1. The standard InChI is InChI=1S/C25H21N3O2/c1-18-11-13-19(14-12-18)25(29)27-20-15-16-24(26-17-20)28-22-9-5-6-10-23(22)30-21-7-3-2-4-8-21/h2-17H,1H3,(H,26,28)(H,27,29). The molecule has 1 amide bonds. The summed E-state index contributed by atoms with van der Waals surface area (Å²) < 4.78 is 5.97. The monoisotopic (exact) mass is 395 g/mol. The van der Waals surface area contributed by atoms with Crippen molar-refractivity contribution < 1.29 is 9.53 Å². The Bertz CT molecular complexity index is 1130. The Kier molecular flexibility index (Phi) is 5.71. The van der Waals surface area contributed by atoms with Crippen LogP contribution in [0.15, 0.2) is 97.2 Å². The lowest BCUT2D eigenvalue weighted by atomic mass is 10.1. The molecule has 0 spiro atoms. The number of nitrogens with zero attached hydrogens (tertiary/aromatic N) is 1. The first kappa shape index (κ1) is 19.2. The molecule has 3 aromatic carbocycles. The number of hydrogen-bond donors (Lipinski definition) is 2. The van der Waals surface area contributed by atoms with Crippen LogP contribution in [0.25, 0.3) is 0 Å². The molecule has 0 aliphatic heterocycles. The summed E-state index contributed by atoms with van der Waals surface area (Å²) in [6, 6.07) is 28.3. The summed E-state index contributed by atoms with van der Waals surface area (Å²) in [5.41, 5.74) is 3.14. The summed E-state index contributed by atoms with van der Waals surface area (Å²) in [5, 5.41) is 6.12. The normalized spacial score (nSPS) is 10.3. The number of aromatic nitrogens is 1. The third-order valence-corrected chi connectivity index (χ3v) is 4.46. The maximum atomic E-state index is 12.3. The van der Waals surface area contributed by atoms with Crippen molar-refractivity contribution in [2.75, 3.05) is 10.6 Å². The first-order valence-electron chi connectivity index (χ1n) is 9.60. The number of para-hydroxylation sites is 3. The Morgan fingerprint density at radius 2 is 1.57 bits per heavy atom. The molecular weight excluding hydrogens is 374 g/mol. The van der Waals surface area contributed by atoms with Crippen molar-refractivity contribution in [3.63, 3.8) is 0 Å². The third-order valence-electron chi connectivity index (χ3n) is 4.46. The molecular formula is C25H21N3O2. The summed E-state index contributed by atoms with van der Waals surface area (Å²) in [4.78, 5) is 16.8. The fourth-order valence-electron chi connectivity index (χ4n) is 2.86. The number of amides is 1. The molecule has 5 heteroatoms. The minimum atomic E-state index is -0.167. The van der Waals surface area contributed by atoms with Crippen molar-refractivity contribution in [2.45, 2.75) is 6.92 Å². The number of carbonyl (C=O) groups excluding carboxylic acids is 1. The first-order chi connectivity index (χ1) is 14.7. The maximum Gasteiger partial charge on any atom is 0.255 e. The smallest absolute Gasteiger partial charge is 0.255 e. The van der Waals surface area contributed by atoms with Crippen molar-refractivity contribution >= 4 is 23.1 Å². The predicted octanol–water partition coefficient (Wildman–Crippen LogP) is 6.18. The van der Waals surface area contributed by atoms with Gasteiger partial charge in [-0.3, -0.25) is 4.79 Å². The molecule has 0 radical (unpaired) electrons. The maximum absolute atomic E-state index is 12.3. The highest BCUT2D eigenvalue weighted by molar-refractivity contribution is 6.04. The van der Waals surface area contributed by atoms with Gasteiger partial charge in [0, 0.05) is 5.56 Å². The fraction of sp³-hybridized carbons (Fsp3) is 0.0400. The molecule has 0 aliphatic carbocycles. The minimum Gasteiger partial charge on any atom is -0.455 e. The fourth-order valence-corrected chi connectivity index (χ4v) is 2.86. The van der Waals surface area contributed by atoms with Crippen LogP contribution < -0.4 is 15.4 Å². The highest BCUT2D eigenvalue weighted by Gasteiger charge is 2.08. The van der Waals surface area contributed by atoms with E-state index in [0.29, 0.717) is 22.8 Å². The lowest BCUT2D eigenvalue weighted by Crippen LogP contribution is -2.12. The first-order valence-corrected chi connectivity index (χ1v) is 9.60. The number of nitrogens with one attached hydrogen (secondary N) is 2. The van der Waals surface area contributed by atoms with Gasteiger partial charge in [-0.25, -0.2) is 4.98 Å². The van der Waals surface area contributed by atoms with Gasteiger partial charge in [-0.1, -0.05) is 48.0 Å². The van der Waals surface area contributed by atoms with Crippen molar-refractivity contribution in [2.24, 2.45) is 0 Å². The van der Waals surface area contributed by atoms with Gasteiger partial charge >= 0.3 is 0 Å². The molecule has 148 valence electrons. The van der Waals surface area contributed by atoms with Crippen LogP contribution >= 0.6 is 0 Å². The van der Waals surface area contributed by atoms with Crippen molar-refractivity contribution in [3.05, 3.63) is 108 Å². The van der Waals surface area contributed by atoms with Crippen LogP contribution in [0.5, 0.6) is 11.5 Å². The van der Waals surface area contributed by atoms with Crippen molar-refractivity contribution in [1.29, 1.82) is 0 Å². The zero-order valence-electron chi connectivity index (χ0n) is 16.5. The number of aryl methyl sites for hydroxylation is 1. The van der Waals surface area contributed by atoms with E-state index in [1.54, 1.807) is 18.3 Å². The van der Waals surface area contributed by atoms with Crippen LogP contribution in [-0.4, -0.2) is 10.9 Å². The van der Waals surface area contributed by atoms with Gasteiger partial charge < -0.3 is 15.4 Å². The van der Waals surface area contributed by atoms with Gasteiger partial charge in [-0.05, 0) is 55.5 Å². The van der Waals surface area contributed by atoms with E-state index < -0.39 is 0 Å². The number of benzene rings is 3. The van der Waals surface area contributed by atoms with E-state index in [9.17, 15) is 4.79 Å². The molecule has 4 rings (SSSR count). The van der Waals surface area contributed by atoms with Crippen LogP contribution in [0.4, 0.5) is 17.2 Å². The van der Waals surface area contributed by atoms with Crippen LogP contribution in [-0.2, 0) is 0 Å². The Morgan fingerprint density at radius 3 is 2.30 bits per heavy atom. The number of ether oxygens (including phenoxy) is 1. The zero-order chi connectivity index (χ0) is 20.8. The van der Waals surface area contributed by atoms with Gasteiger partial charge in [0.05, 0.1) is 17.6 Å². The zero-order valence-corrected chi connectivity index (χ0v) is 16.5. The van der Waals surface area contributed by atoms with Gasteiger partial charge in [0.1, 0.15) is 11.6 Å². The predicted molar refractivity (Wildman–Crippen MR) is 120 cm³/mol. The van der Waals surface area contributed by atoms with Crippen molar-refractivity contribution in [1.82, 2.24) is 4.98 Å². The van der Waals surface area contributed by atoms with Gasteiger partial charge in [0.2, 0.25) is 0 Å². The van der Waals surface area contributed by atoms with Crippen molar-refractivity contribution in [3.8, 4) is 11.5 Å². The van der Waals surface area contributed by atoms with Gasteiger partial charge in [0.15, 0.2) is 5.75 Å². The third kappa shape index (κ3) is 4.83. The molecule has 0 unspecified atom stereocenters. The molecule has 1 aromatic heterocycles. The summed E-state index contributed by atoms with van der Waals surface area (Å²) in [5.74, 6) is 1.93. The topological polar surface area (TPSA) is 63.2 Å². The molecule has 30 heavy (non-hydrogen) atoms. The van der Waals surface area contributed by atoms with E-state index in [1.807, 2.05) is 85.8 Å². The average Bonchev–Trinajstić information content (AvgIpc) is 2.77. The number of anilines is 3. The molecule has 0 saturated carbocycles. The van der Waals surface area contributed by atoms with Crippen LogP contribution in [0, 0.1) is 6.92 Å². The van der Waals surface area contributed by atoms with Gasteiger partial charge in [-0.15, -0.1) is 0 Å². The Balaban J connectivity index is 1.44. The quantitative estimate of drug-likeness (QED) is 0.409. The lowest BCUT2D eigenvalue weighted by Gasteiger charge is -2.13. The second-order valence-electron chi connectivity index (χ2n) is 6.79. The highest BCUT2D eigenvalue weighted by Crippen LogP contribution is 2.31. The van der Waals surface area contributed by atoms with E-state index >= 15 is 0 Å². The number of hydrogen-bond acceptors (Lipinski definition) is 4. The Morgan fingerprint density at radius 1 is 0.833 bits per heavy atom. The van der Waals surface area contributed by atoms with Crippen LogP contribution in [0.2, 0.25) is 0 Å². The Hall–Kier alpha value is -4.12. The molecule has 1 heterocycles. The van der Waals surface area contributed by atoms with E-state index in [4.69, 9.17) is 4.74 Å². The average molecular weight is 395 g/mol. The summed E-state index contributed by atoms with van der Waals surface area (Å²) >= 11 is 0. The minimum absolute atomic E-state index is 0.167.